The third kappa shape index (κ3) is 8.84. The van der Waals surface area contributed by atoms with Gasteiger partial charge in [-0.3, -0.25) is 0 Å². The van der Waals surface area contributed by atoms with Gasteiger partial charge in [-0.05, 0) is 0 Å². The molecule has 20 valence electrons. The molecule has 0 saturated carbocycles. The van der Waals surface area contributed by atoms with Crippen LogP contribution in [0.1, 0.15) is 0 Å². The van der Waals surface area contributed by atoms with Crippen molar-refractivity contribution in [3.63, 3.8) is 0 Å². The van der Waals surface area contributed by atoms with Gasteiger partial charge in [0.15, 0.2) is 0 Å². The van der Waals surface area contributed by atoms with E-state index in [2.05, 4.69) is 13.4 Å². The second kappa shape index (κ2) is 9.27. The molecule has 0 aliphatic heterocycles. The molecule has 0 spiro atoms. The van der Waals surface area contributed by atoms with E-state index in [4.69, 9.17) is 0 Å². The summed E-state index contributed by atoms with van der Waals surface area (Å²) in [7, 11) is 2.71. The van der Waals surface area contributed by atoms with Gasteiger partial charge in [-0.25, -0.2) is 0 Å². The van der Waals surface area contributed by atoms with E-state index < -0.39 is 0 Å². The maximum absolute atomic E-state index is 2.71. The minimum absolute atomic E-state index is 0. The van der Waals surface area contributed by atoms with E-state index in [0.717, 1.165) is 0 Å². The first-order valence-electron chi connectivity index (χ1n) is 0.644. The molecule has 0 bridgehead atoms. The molecule has 0 N–H and O–H groups in total. The Morgan fingerprint density at radius 3 is 1.75 bits per heavy atom. The van der Waals surface area contributed by atoms with Crippen molar-refractivity contribution < 1.29 is 17.9 Å². The van der Waals surface area contributed by atoms with E-state index in [0.29, 0.717) is 17.9 Å². The molecule has 0 nitrogen and oxygen atoms in total. The van der Waals surface area contributed by atoms with Crippen LogP contribution in [0.3, 0.4) is 0 Å². The zero-order valence-corrected chi connectivity index (χ0v) is 5.15. The van der Waals surface area contributed by atoms with Gasteiger partial charge >= 0.3 is 82.7 Å². The van der Waals surface area contributed by atoms with Gasteiger partial charge < -0.3 is 0 Å². The topological polar surface area (TPSA) is 0 Å². The van der Waals surface area contributed by atoms with Crippen LogP contribution in [-0.4, -0.2) is 57.5 Å². The molecule has 0 aromatic rings. The first-order chi connectivity index (χ1) is 1.41. The van der Waals surface area contributed by atoms with Gasteiger partial charge in [0.05, 0.1) is 0 Å². The van der Waals surface area contributed by atoms with Crippen molar-refractivity contribution >= 4 is 64.8 Å². The summed E-state index contributed by atoms with van der Waals surface area (Å²) in [6, 6.07) is 0. The summed E-state index contributed by atoms with van der Waals surface area (Å²) in [6.07, 6.45) is 2.22. The van der Waals surface area contributed by atoms with Crippen LogP contribution in [0.25, 0.3) is 0 Å². The minimum atomic E-state index is 0. The van der Waals surface area contributed by atoms with E-state index in [9.17, 15) is 0 Å². The molecule has 4 heavy (non-hydrogen) atoms. The van der Waals surface area contributed by atoms with Crippen LogP contribution >= 0.6 is 7.33 Å². The molecule has 0 fully saturated rings. The van der Waals surface area contributed by atoms with E-state index >= 15 is 0 Å². The van der Waals surface area contributed by atoms with Crippen molar-refractivity contribution in [2.45, 2.75) is 0 Å². The fourth-order valence-corrected chi connectivity index (χ4v) is 0. The Balaban J connectivity index is 0. The van der Waals surface area contributed by atoms with Crippen LogP contribution in [0, 0.1) is 0 Å². The summed E-state index contributed by atoms with van der Waals surface area (Å²) < 4.78 is 0. The van der Waals surface area contributed by atoms with E-state index in [-0.39, 0.29) is 51.4 Å². The zero-order chi connectivity index (χ0) is 2.71. The molecular weight excluding hydrogens is 177 g/mol. The number of hydrogen-bond donors (Lipinski definition) is 0. The maximum atomic E-state index is 2.71. The Bertz CT molecular complexity index is 8.00. The van der Waals surface area contributed by atoms with Gasteiger partial charge in [0, 0.05) is 0 Å². The fraction of sp³-hybridized carbons (Fsp3) is 0. The van der Waals surface area contributed by atoms with Gasteiger partial charge in [0.2, 0.25) is 0 Å². The molecular formula is H5BKMoP. The van der Waals surface area contributed by atoms with E-state index in [1.54, 1.807) is 0 Å². The van der Waals surface area contributed by atoms with Crippen molar-refractivity contribution in [2.75, 3.05) is 0 Å². The summed E-state index contributed by atoms with van der Waals surface area (Å²) >= 11 is 0.387. The summed E-state index contributed by atoms with van der Waals surface area (Å²) in [5.74, 6) is 0. The van der Waals surface area contributed by atoms with Crippen molar-refractivity contribution in [3.8, 4) is 0 Å². The van der Waals surface area contributed by atoms with E-state index in [1.807, 2.05) is 0 Å². The molecule has 1 unspecified atom stereocenters. The molecule has 0 aromatic heterocycles. The van der Waals surface area contributed by atoms with Gasteiger partial charge in [0.25, 0.3) is 0 Å². The van der Waals surface area contributed by atoms with Crippen LogP contribution in [0.15, 0.2) is 0 Å². The Morgan fingerprint density at radius 1 is 1.75 bits per heavy atom. The molecule has 0 aromatic carbocycles. The molecule has 0 amide bonds. The van der Waals surface area contributed by atoms with Gasteiger partial charge in [0.1, 0.15) is 0 Å². The van der Waals surface area contributed by atoms with Crippen molar-refractivity contribution in [1.82, 2.24) is 0 Å². The van der Waals surface area contributed by atoms with Crippen molar-refractivity contribution in [3.05, 3.63) is 0 Å². The summed E-state index contributed by atoms with van der Waals surface area (Å²) in [5, 5.41) is 0. The second-order valence-electron chi connectivity index (χ2n) is 0.236. The van der Waals surface area contributed by atoms with Crippen LogP contribution in [0.5, 0.6) is 0 Å². The van der Waals surface area contributed by atoms with Crippen molar-refractivity contribution in [2.24, 2.45) is 0 Å². The molecule has 0 aliphatic rings. The average molecular weight is 182 g/mol. The predicted molar refractivity (Wildman–Crippen MR) is 25.4 cm³/mol. The second-order valence-corrected chi connectivity index (χ2v) is 4.18. The average Bonchev–Trinajstić information content (AvgIpc) is 0.918. The molecule has 4 heteroatoms. The summed E-state index contributed by atoms with van der Waals surface area (Å²) in [6.45, 7) is 0. The molecule has 0 aliphatic carbocycles. The van der Waals surface area contributed by atoms with Gasteiger partial charge in [-0.1, -0.05) is 0 Å². The Kier molecular flexibility index (Phi) is 23.0. The molecule has 0 rings (SSSR count). The third-order valence-electron chi connectivity index (χ3n) is 0. The Morgan fingerprint density at radius 2 is 1.75 bits per heavy atom. The van der Waals surface area contributed by atoms with Crippen LogP contribution in [0.2, 0.25) is 0 Å². The van der Waals surface area contributed by atoms with Crippen LogP contribution < -0.4 is 0 Å². The van der Waals surface area contributed by atoms with Gasteiger partial charge in [-0.15, -0.1) is 0 Å². The molecule has 1 atom stereocenters. The standard InChI is InChI=1S/BH2.K.Mo.H2P.H/h1H2;;;1H2;/q+1;;;-1;. The molecule has 0 radical (unpaired) electrons. The summed E-state index contributed by atoms with van der Waals surface area (Å²) in [5.41, 5.74) is 0. The molecule has 0 saturated heterocycles. The van der Waals surface area contributed by atoms with E-state index in [1.165, 1.54) is 0 Å². The third-order valence-corrected chi connectivity index (χ3v) is 0. The quantitative estimate of drug-likeness (QED) is 0.324. The van der Waals surface area contributed by atoms with Crippen LogP contribution in [-0.2, 0) is 17.9 Å². The normalized spacial score (nSPS) is 4.25. The van der Waals surface area contributed by atoms with Gasteiger partial charge in [-0.2, -0.15) is 0 Å². The zero-order valence-electron chi connectivity index (χ0n) is 1.99. The fourth-order valence-electron chi connectivity index (χ4n) is 0. The monoisotopic (exact) mass is 184 g/mol. The first-order valence-corrected chi connectivity index (χ1v) is 6.60. The predicted octanol–water partition coefficient (Wildman–Crippen LogP) is -1.24. The van der Waals surface area contributed by atoms with Crippen molar-refractivity contribution in [1.29, 1.82) is 0 Å². The van der Waals surface area contributed by atoms with Crippen LogP contribution in [0.4, 0.5) is 0 Å². The number of rotatable bonds is 0. The summed E-state index contributed by atoms with van der Waals surface area (Å²) in [4.78, 5) is 0. The Labute approximate surface area is 80.7 Å². The SMILES string of the molecule is [BH2][Mo][PH2].[KH]. The molecule has 0 heterocycles. The Hall–Kier alpha value is 2.82. The number of hydrogen-bond acceptors (Lipinski definition) is 0. The first kappa shape index (κ1) is 9.94.